The predicted molar refractivity (Wildman–Crippen MR) is 83.7 cm³/mol. The highest BCUT2D eigenvalue weighted by Crippen LogP contribution is 2.22. The van der Waals surface area contributed by atoms with E-state index in [1.54, 1.807) is 0 Å². The van der Waals surface area contributed by atoms with Crippen LogP contribution in [0.1, 0.15) is 51.1 Å². The van der Waals surface area contributed by atoms with Crippen LogP contribution < -0.4 is 5.32 Å². The van der Waals surface area contributed by atoms with E-state index < -0.39 is 0 Å². The summed E-state index contributed by atoms with van der Waals surface area (Å²) in [4.78, 5) is 0. The van der Waals surface area contributed by atoms with Gasteiger partial charge >= 0.3 is 0 Å². The van der Waals surface area contributed by atoms with Gasteiger partial charge in [0, 0.05) is 24.5 Å². The first-order valence-corrected chi connectivity index (χ1v) is 8.06. The standard InChI is InChI=1S/C17H25N3/c1-2-3-4-7-12-20-17-9-6-5-8-15(17)16(19-20)13-18-14-10-11-14/h5-6,8-9,14,18H,2-4,7,10-13H2,1H3. The first-order chi connectivity index (χ1) is 9.88. The van der Waals surface area contributed by atoms with Gasteiger partial charge in [-0.2, -0.15) is 5.10 Å². The summed E-state index contributed by atoms with van der Waals surface area (Å²) in [6.07, 6.45) is 7.81. The van der Waals surface area contributed by atoms with Crippen LogP contribution in [0.5, 0.6) is 0 Å². The van der Waals surface area contributed by atoms with E-state index in [-0.39, 0.29) is 0 Å². The number of nitrogens with zero attached hydrogens (tertiary/aromatic N) is 2. The van der Waals surface area contributed by atoms with Crippen molar-refractivity contribution >= 4 is 10.9 Å². The molecule has 3 heteroatoms. The summed E-state index contributed by atoms with van der Waals surface area (Å²) < 4.78 is 2.20. The van der Waals surface area contributed by atoms with Crippen molar-refractivity contribution in [3.05, 3.63) is 30.0 Å². The number of nitrogens with one attached hydrogen (secondary N) is 1. The fourth-order valence-electron chi connectivity index (χ4n) is 2.71. The van der Waals surface area contributed by atoms with Gasteiger partial charge in [0.1, 0.15) is 0 Å². The van der Waals surface area contributed by atoms with Crippen LogP contribution in [-0.2, 0) is 13.1 Å². The molecule has 1 saturated carbocycles. The second kappa shape index (κ2) is 6.40. The molecule has 1 N–H and O–H groups in total. The zero-order valence-electron chi connectivity index (χ0n) is 12.4. The monoisotopic (exact) mass is 271 g/mol. The zero-order valence-corrected chi connectivity index (χ0v) is 12.4. The van der Waals surface area contributed by atoms with Crippen LogP contribution in [0.3, 0.4) is 0 Å². The molecule has 1 aromatic heterocycles. The van der Waals surface area contributed by atoms with Crippen LogP contribution >= 0.6 is 0 Å². The first-order valence-electron chi connectivity index (χ1n) is 8.06. The number of benzene rings is 1. The molecule has 1 aliphatic rings. The van der Waals surface area contributed by atoms with Crippen LogP contribution in [0, 0.1) is 0 Å². The fourth-order valence-corrected chi connectivity index (χ4v) is 2.71. The average molecular weight is 271 g/mol. The lowest BCUT2D eigenvalue weighted by atomic mass is 10.2. The number of para-hydroxylation sites is 1. The van der Waals surface area contributed by atoms with E-state index in [1.807, 2.05) is 0 Å². The molecular formula is C17H25N3. The molecule has 0 atom stereocenters. The van der Waals surface area contributed by atoms with E-state index in [0.717, 1.165) is 19.1 Å². The van der Waals surface area contributed by atoms with Gasteiger partial charge in [0.25, 0.3) is 0 Å². The summed E-state index contributed by atoms with van der Waals surface area (Å²) in [6.45, 7) is 4.21. The van der Waals surface area contributed by atoms with E-state index in [1.165, 1.54) is 55.1 Å². The van der Waals surface area contributed by atoms with Gasteiger partial charge in [-0.15, -0.1) is 0 Å². The summed E-state index contributed by atoms with van der Waals surface area (Å²) in [5.41, 5.74) is 2.50. The summed E-state index contributed by atoms with van der Waals surface area (Å²) in [5, 5.41) is 9.74. The van der Waals surface area contributed by atoms with Crippen LogP contribution in [0.2, 0.25) is 0 Å². The Morgan fingerprint density at radius 1 is 1.20 bits per heavy atom. The largest absolute Gasteiger partial charge is 0.308 e. The molecule has 3 nitrogen and oxygen atoms in total. The summed E-state index contributed by atoms with van der Waals surface area (Å²) >= 11 is 0. The average Bonchev–Trinajstić information content (AvgIpc) is 3.24. The van der Waals surface area contributed by atoms with Crippen molar-refractivity contribution in [2.24, 2.45) is 0 Å². The number of hydrogen-bond acceptors (Lipinski definition) is 2. The molecule has 0 amide bonds. The quantitative estimate of drug-likeness (QED) is 0.739. The van der Waals surface area contributed by atoms with Crippen LogP contribution in [0.15, 0.2) is 24.3 Å². The van der Waals surface area contributed by atoms with Gasteiger partial charge in [-0.1, -0.05) is 44.4 Å². The molecule has 1 fully saturated rings. The molecule has 0 bridgehead atoms. The molecule has 1 heterocycles. The summed E-state index contributed by atoms with van der Waals surface area (Å²) in [7, 11) is 0. The summed E-state index contributed by atoms with van der Waals surface area (Å²) in [5.74, 6) is 0. The Morgan fingerprint density at radius 2 is 2.05 bits per heavy atom. The van der Waals surface area contributed by atoms with Gasteiger partial charge < -0.3 is 5.32 Å². The smallest absolute Gasteiger partial charge is 0.0841 e. The molecule has 2 aromatic rings. The zero-order chi connectivity index (χ0) is 13.8. The highest BCUT2D eigenvalue weighted by atomic mass is 15.3. The van der Waals surface area contributed by atoms with Gasteiger partial charge in [0.05, 0.1) is 11.2 Å². The van der Waals surface area contributed by atoms with Crippen LogP contribution in [0.25, 0.3) is 10.9 Å². The van der Waals surface area contributed by atoms with E-state index >= 15 is 0 Å². The third-order valence-electron chi connectivity index (χ3n) is 4.09. The second-order valence-corrected chi connectivity index (χ2v) is 5.90. The van der Waals surface area contributed by atoms with Crippen molar-refractivity contribution < 1.29 is 0 Å². The fraction of sp³-hybridized carbons (Fsp3) is 0.588. The predicted octanol–water partition coefficient (Wildman–Crippen LogP) is 3.87. The molecule has 3 rings (SSSR count). The van der Waals surface area contributed by atoms with E-state index in [4.69, 9.17) is 5.10 Å². The lowest BCUT2D eigenvalue weighted by Crippen LogP contribution is -2.16. The Bertz CT molecular complexity index is 554. The lowest BCUT2D eigenvalue weighted by Gasteiger charge is -2.03. The van der Waals surface area contributed by atoms with Crippen molar-refractivity contribution in [1.82, 2.24) is 15.1 Å². The van der Waals surface area contributed by atoms with Gasteiger partial charge in [0.15, 0.2) is 0 Å². The number of rotatable bonds is 8. The van der Waals surface area contributed by atoms with Gasteiger partial charge in [-0.05, 0) is 25.3 Å². The third kappa shape index (κ3) is 3.21. The number of unbranched alkanes of at least 4 members (excludes halogenated alkanes) is 3. The third-order valence-corrected chi connectivity index (χ3v) is 4.09. The lowest BCUT2D eigenvalue weighted by molar-refractivity contribution is 0.544. The van der Waals surface area contributed by atoms with Gasteiger partial charge in [0.2, 0.25) is 0 Å². The summed E-state index contributed by atoms with van der Waals surface area (Å²) in [6, 6.07) is 9.37. The molecular weight excluding hydrogens is 246 g/mol. The van der Waals surface area contributed by atoms with E-state index in [9.17, 15) is 0 Å². The molecule has 1 aliphatic carbocycles. The van der Waals surface area contributed by atoms with E-state index in [2.05, 4.69) is 41.2 Å². The molecule has 20 heavy (non-hydrogen) atoms. The molecule has 0 aliphatic heterocycles. The van der Waals surface area contributed by atoms with Crippen LogP contribution in [-0.4, -0.2) is 15.8 Å². The highest BCUT2D eigenvalue weighted by Gasteiger charge is 2.21. The maximum atomic E-state index is 4.84. The van der Waals surface area contributed by atoms with Crippen molar-refractivity contribution in [2.75, 3.05) is 0 Å². The van der Waals surface area contributed by atoms with Gasteiger partial charge in [-0.3, -0.25) is 4.68 Å². The highest BCUT2D eigenvalue weighted by molar-refractivity contribution is 5.81. The Kier molecular flexibility index (Phi) is 4.36. The maximum Gasteiger partial charge on any atom is 0.0841 e. The molecule has 0 unspecified atom stereocenters. The number of hydrogen-bond donors (Lipinski definition) is 1. The van der Waals surface area contributed by atoms with Crippen molar-refractivity contribution in [2.45, 2.75) is 64.6 Å². The molecule has 0 saturated heterocycles. The van der Waals surface area contributed by atoms with Gasteiger partial charge in [-0.25, -0.2) is 0 Å². The van der Waals surface area contributed by atoms with Crippen molar-refractivity contribution in [3.63, 3.8) is 0 Å². The maximum absolute atomic E-state index is 4.84. The van der Waals surface area contributed by atoms with Crippen LogP contribution in [0.4, 0.5) is 0 Å². The minimum absolute atomic E-state index is 0.739. The first kappa shape index (κ1) is 13.6. The molecule has 0 spiro atoms. The number of aryl methyl sites for hydroxylation is 1. The molecule has 108 valence electrons. The Balaban J connectivity index is 1.72. The SMILES string of the molecule is CCCCCCn1nc(CNC2CC2)c2ccccc21. The minimum Gasteiger partial charge on any atom is -0.308 e. The molecule has 1 aromatic carbocycles. The minimum atomic E-state index is 0.739. The van der Waals surface area contributed by atoms with Crippen molar-refractivity contribution in [1.29, 1.82) is 0 Å². The Labute approximate surface area is 121 Å². The van der Waals surface area contributed by atoms with Crippen molar-refractivity contribution in [3.8, 4) is 0 Å². The topological polar surface area (TPSA) is 29.9 Å². The Morgan fingerprint density at radius 3 is 2.85 bits per heavy atom. The Hall–Kier alpha value is -1.35. The number of fused-ring (bicyclic) bond motifs is 1. The van der Waals surface area contributed by atoms with E-state index in [0.29, 0.717) is 0 Å². The normalized spacial score (nSPS) is 15.1. The second-order valence-electron chi connectivity index (χ2n) is 5.90. The number of aromatic nitrogens is 2. The molecule has 0 radical (unpaired) electrons.